The van der Waals surface area contributed by atoms with Gasteiger partial charge in [0.1, 0.15) is 5.75 Å². The number of carbonyl (C=O) groups excluding carboxylic acids is 1. The van der Waals surface area contributed by atoms with E-state index in [2.05, 4.69) is 4.74 Å². The van der Waals surface area contributed by atoms with Crippen LogP contribution in [-0.2, 0) is 9.59 Å². The van der Waals surface area contributed by atoms with Gasteiger partial charge in [0.25, 0.3) is 0 Å². The van der Waals surface area contributed by atoms with Gasteiger partial charge in [-0.1, -0.05) is 13.0 Å². The summed E-state index contributed by atoms with van der Waals surface area (Å²) in [6, 6.07) is 4.87. The quantitative estimate of drug-likeness (QED) is 0.862. The number of nitrogens with zero attached hydrogens (tertiary/aromatic N) is 2. The number of hydrogen-bond acceptors (Lipinski definition) is 4. The summed E-state index contributed by atoms with van der Waals surface area (Å²) in [4.78, 5) is 27.5. The molecule has 2 fully saturated rings. The van der Waals surface area contributed by atoms with Crippen molar-refractivity contribution in [1.82, 2.24) is 4.90 Å². The van der Waals surface area contributed by atoms with E-state index < -0.39 is 24.3 Å². The zero-order valence-electron chi connectivity index (χ0n) is 14.8. The van der Waals surface area contributed by atoms with E-state index in [-0.39, 0.29) is 17.6 Å². The van der Waals surface area contributed by atoms with Gasteiger partial charge < -0.3 is 14.7 Å². The van der Waals surface area contributed by atoms with Crippen LogP contribution < -0.4 is 9.64 Å². The van der Waals surface area contributed by atoms with E-state index in [0.29, 0.717) is 38.2 Å². The second-order valence-corrected chi connectivity index (χ2v) is 7.17. The highest BCUT2D eigenvalue weighted by Gasteiger charge is 2.41. The minimum absolute atomic E-state index is 0.158. The lowest BCUT2D eigenvalue weighted by atomic mass is 9.89. The molecule has 148 valence electrons. The minimum atomic E-state index is -4.80. The van der Waals surface area contributed by atoms with Gasteiger partial charge in [0, 0.05) is 31.4 Å². The fourth-order valence-corrected chi connectivity index (χ4v) is 3.93. The van der Waals surface area contributed by atoms with Gasteiger partial charge in [0.2, 0.25) is 5.91 Å². The van der Waals surface area contributed by atoms with Crippen LogP contribution in [0.5, 0.6) is 5.75 Å². The number of alkyl halides is 3. The Hall–Kier alpha value is -2.29. The summed E-state index contributed by atoms with van der Waals surface area (Å²) in [6.45, 7) is 3.26. The number of carboxylic acids is 1. The van der Waals surface area contributed by atoms with E-state index in [1.165, 1.54) is 23.1 Å². The van der Waals surface area contributed by atoms with Gasteiger partial charge >= 0.3 is 12.3 Å². The van der Waals surface area contributed by atoms with E-state index in [1.807, 2.05) is 11.8 Å². The van der Waals surface area contributed by atoms with Crippen molar-refractivity contribution in [2.45, 2.75) is 32.2 Å². The molecular formula is C18H21F3N2O4. The predicted octanol–water partition coefficient (Wildman–Crippen LogP) is 2.73. The van der Waals surface area contributed by atoms with Crippen LogP contribution in [0.4, 0.5) is 18.9 Å². The van der Waals surface area contributed by atoms with Crippen LogP contribution in [-0.4, -0.2) is 53.9 Å². The molecule has 27 heavy (non-hydrogen) atoms. The van der Waals surface area contributed by atoms with Crippen molar-refractivity contribution in [3.63, 3.8) is 0 Å². The van der Waals surface area contributed by atoms with Crippen molar-refractivity contribution in [2.75, 3.05) is 24.5 Å². The molecule has 2 heterocycles. The van der Waals surface area contributed by atoms with Crippen molar-refractivity contribution in [3.8, 4) is 5.75 Å². The number of benzene rings is 1. The highest BCUT2D eigenvalue weighted by atomic mass is 19.4. The maximum Gasteiger partial charge on any atom is 0.573 e. The normalized spacial score (nSPS) is 27.0. The number of amides is 1. The molecule has 3 rings (SSSR count). The highest BCUT2D eigenvalue weighted by Crippen LogP contribution is 2.32. The molecule has 6 nitrogen and oxygen atoms in total. The maximum absolute atomic E-state index is 12.9. The standard InChI is InChI=1S/C18H21F3N2O4/c1-11-7-12(17(25)26)10-22(9-11)15-5-6-23(16(15)24)13-3-2-4-14(8-13)27-18(19,20)21/h2-4,8,11-12,15H,5-7,9-10H2,1H3,(H,25,26). The summed E-state index contributed by atoms with van der Waals surface area (Å²) in [6.07, 6.45) is -3.72. The molecule has 1 amide bonds. The first-order valence-corrected chi connectivity index (χ1v) is 8.78. The SMILES string of the molecule is CC1CC(C(=O)O)CN(C2CCN(c3cccc(OC(F)(F)F)c3)C2=O)C1. The Morgan fingerprint density at radius 3 is 2.70 bits per heavy atom. The Morgan fingerprint density at radius 1 is 1.30 bits per heavy atom. The molecule has 0 saturated carbocycles. The molecule has 2 aliphatic heterocycles. The molecule has 1 aromatic rings. The number of anilines is 1. The largest absolute Gasteiger partial charge is 0.573 e. The molecule has 3 atom stereocenters. The van der Waals surface area contributed by atoms with Crippen LogP contribution in [0.15, 0.2) is 24.3 Å². The number of aliphatic carboxylic acids is 1. The number of hydrogen-bond donors (Lipinski definition) is 1. The molecule has 0 aromatic heterocycles. The predicted molar refractivity (Wildman–Crippen MR) is 90.4 cm³/mol. The molecule has 3 unspecified atom stereocenters. The number of piperidine rings is 1. The number of likely N-dealkylation sites (tertiary alicyclic amines) is 1. The van der Waals surface area contributed by atoms with Crippen LogP contribution in [0.2, 0.25) is 0 Å². The molecule has 9 heteroatoms. The minimum Gasteiger partial charge on any atom is -0.481 e. The smallest absolute Gasteiger partial charge is 0.481 e. The molecule has 1 aromatic carbocycles. The van der Waals surface area contributed by atoms with Crippen LogP contribution >= 0.6 is 0 Å². The van der Waals surface area contributed by atoms with Crippen LogP contribution in [0, 0.1) is 11.8 Å². The number of ether oxygens (including phenoxy) is 1. The van der Waals surface area contributed by atoms with Gasteiger partial charge in [-0.2, -0.15) is 0 Å². The highest BCUT2D eigenvalue weighted by molar-refractivity contribution is 5.99. The van der Waals surface area contributed by atoms with E-state index in [1.54, 1.807) is 6.07 Å². The number of carboxylic acid groups (broad SMARTS) is 1. The first kappa shape index (κ1) is 19.5. The molecule has 2 aliphatic rings. The molecule has 2 saturated heterocycles. The number of halogens is 3. The monoisotopic (exact) mass is 386 g/mol. The van der Waals surface area contributed by atoms with Crippen molar-refractivity contribution < 1.29 is 32.6 Å². The topological polar surface area (TPSA) is 70.1 Å². The average molecular weight is 386 g/mol. The van der Waals surface area contributed by atoms with E-state index in [4.69, 9.17) is 0 Å². The molecule has 0 bridgehead atoms. The second-order valence-electron chi connectivity index (χ2n) is 7.17. The average Bonchev–Trinajstić information content (AvgIpc) is 2.94. The summed E-state index contributed by atoms with van der Waals surface area (Å²) >= 11 is 0. The van der Waals surface area contributed by atoms with Crippen LogP contribution in [0.3, 0.4) is 0 Å². The molecular weight excluding hydrogens is 365 g/mol. The first-order chi connectivity index (χ1) is 12.6. The van der Waals surface area contributed by atoms with Gasteiger partial charge in [-0.15, -0.1) is 13.2 Å². The van der Waals surface area contributed by atoms with Crippen molar-refractivity contribution in [2.24, 2.45) is 11.8 Å². The van der Waals surface area contributed by atoms with E-state index in [0.717, 1.165) is 0 Å². The van der Waals surface area contributed by atoms with Crippen molar-refractivity contribution in [3.05, 3.63) is 24.3 Å². The van der Waals surface area contributed by atoms with Gasteiger partial charge in [-0.3, -0.25) is 14.5 Å². The van der Waals surface area contributed by atoms with Crippen molar-refractivity contribution >= 4 is 17.6 Å². The molecule has 0 spiro atoms. The van der Waals surface area contributed by atoms with Crippen LogP contribution in [0.1, 0.15) is 19.8 Å². The Bertz CT molecular complexity index is 725. The third kappa shape index (κ3) is 4.52. The third-order valence-corrected chi connectivity index (χ3v) is 5.02. The Kier molecular flexibility index (Phi) is 5.32. The van der Waals surface area contributed by atoms with E-state index in [9.17, 15) is 27.9 Å². The fourth-order valence-electron chi connectivity index (χ4n) is 3.93. The summed E-state index contributed by atoms with van der Waals surface area (Å²) in [5, 5.41) is 9.31. The summed E-state index contributed by atoms with van der Waals surface area (Å²) in [5.41, 5.74) is 0.337. The Labute approximate surface area is 154 Å². The van der Waals surface area contributed by atoms with Gasteiger partial charge in [-0.05, 0) is 30.9 Å². The van der Waals surface area contributed by atoms with Gasteiger partial charge in [0.15, 0.2) is 0 Å². The van der Waals surface area contributed by atoms with Gasteiger partial charge in [0.05, 0.1) is 12.0 Å². The number of carbonyl (C=O) groups is 2. The van der Waals surface area contributed by atoms with E-state index >= 15 is 0 Å². The summed E-state index contributed by atoms with van der Waals surface area (Å²) in [7, 11) is 0. The van der Waals surface area contributed by atoms with Crippen LogP contribution in [0.25, 0.3) is 0 Å². The zero-order chi connectivity index (χ0) is 19.8. The fraction of sp³-hybridized carbons (Fsp3) is 0.556. The van der Waals surface area contributed by atoms with Crippen molar-refractivity contribution in [1.29, 1.82) is 0 Å². The summed E-state index contributed by atoms with van der Waals surface area (Å²) in [5.74, 6) is -1.83. The third-order valence-electron chi connectivity index (χ3n) is 5.02. The zero-order valence-corrected chi connectivity index (χ0v) is 14.8. The lowest BCUT2D eigenvalue weighted by Crippen LogP contribution is -2.50. The lowest BCUT2D eigenvalue weighted by Gasteiger charge is -2.37. The Balaban J connectivity index is 1.73. The molecule has 0 radical (unpaired) electrons. The second kappa shape index (κ2) is 7.38. The maximum atomic E-state index is 12.9. The van der Waals surface area contributed by atoms with Gasteiger partial charge in [-0.25, -0.2) is 0 Å². The molecule has 0 aliphatic carbocycles. The Morgan fingerprint density at radius 2 is 2.04 bits per heavy atom. The first-order valence-electron chi connectivity index (χ1n) is 8.78. The molecule has 1 N–H and O–H groups in total. The number of rotatable bonds is 4. The summed E-state index contributed by atoms with van der Waals surface area (Å²) < 4.78 is 41.2. The lowest BCUT2D eigenvalue weighted by molar-refractivity contribution is -0.274.